The number of methoxy groups -OCH3 is 2. The van der Waals surface area contributed by atoms with Crippen LogP contribution in [0.5, 0.6) is 11.5 Å². The minimum absolute atomic E-state index is 0.0160. The summed E-state index contributed by atoms with van der Waals surface area (Å²) in [6.07, 6.45) is 0.607. The number of aromatic nitrogens is 3. The lowest BCUT2D eigenvalue weighted by Crippen LogP contribution is -2.28. The van der Waals surface area contributed by atoms with E-state index in [4.69, 9.17) is 14.6 Å². The number of hydrogen-bond donors (Lipinski definition) is 1. The van der Waals surface area contributed by atoms with Crippen molar-refractivity contribution in [3.05, 3.63) is 117 Å². The number of hydrogen-bond acceptors (Lipinski definition) is 9. The van der Waals surface area contributed by atoms with Crippen molar-refractivity contribution in [3.8, 4) is 17.2 Å². The van der Waals surface area contributed by atoms with Crippen molar-refractivity contribution < 1.29 is 23.5 Å². The lowest BCUT2D eigenvalue weighted by Gasteiger charge is -2.22. The van der Waals surface area contributed by atoms with Gasteiger partial charge in [0.15, 0.2) is 22.5 Å². The van der Waals surface area contributed by atoms with E-state index in [1.807, 2.05) is 48.7 Å². The molecule has 0 fully saturated rings. The van der Waals surface area contributed by atoms with Crippen molar-refractivity contribution in [1.82, 2.24) is 25.1 Å². The molecule has 47 heavy (non-hydrogen) atoms. The predicted octanol–water partition coefficient (Wildman–Crippen LogP) is 6.19. The Hall–Kier alpha value is -5.01. The minimum Gasteiger partial charge on any atom is -0.493 e. The van der Waals surface area contributed by atoms with Crippen molar-refractivity contribution in [2.24, 2.45) is 5.10 Å². The van der Waals surface area contributed by atoms with Crippen molar-refractivity contribution in [3.63, 3.8) is 0 Å². The number of carbonyl (C=O) groups is 2. The molecule has 1 atom stereocenters. The molecule has 0 spiro atoms. The zero-order valence-corrected chi connectivity index (χ0v) is 27.5. The number of halogens is 1. The SMILES string of the molecule is COc1ccc(C(=O)NCc2nnc(SCC(=O)N3N=C(c4cccs4)CC3c3ccc(C)cc3)n2-c2ccc(F)cc2)cc1OC. The quantitative estimate of drug-likeness (QED) is 0.167. The summed E-state index contributed by atoms with van der Waals surface area (Å²) in [7, 11) is 3.02. The van der Waals surface area contributed by atoms with Crippen LogP contribution in [0.2, 0.25) is 0 Å². The highest BCUT2D eigenvalue weighted by atomic mass is 32.2. The molecule has 0 radical (unpaired) electrons. The number of ether oxygens (including phenoxy) is 2. The Kier molecular flexibility index (Phi) is 9.64. The van der Waals surface area contributed by atoms with Crippen molar-refractivity contribution in [1.29, 1.82) is 0 Å². The molecule has 1 aliphatic rings. The second-order valence-electron chi connectivity index (χ2n) is 10.6. The molecule has 2 amide bonds. The standard InChI is InChI=1S/C34H31FN6O4S2/c1-21-6-8-22(9-7-21)27-18-26(30-5-4-16-46-30)39-41(27)32(42)20-47-34-38-37-31(40(34)25-13-11-24(35)12-14-25)19-36-33(43)23-10-15-28(44-2)29(17-23)45-3/h4-17,27H,18-20H2,1-3H3,(H,36,43). The Bertz CT molecular complexity index is 1910. The summed E-state index contributed by atoms with van der Waals surface area (Å²) in [6.45, 7) is 2.04. The molecule has 1 N–H and O–H groups in total. The summed E-state index contributed by atoms with van der Waals surface area (Å²) in [5.41, 5.74) is 3.96. The topological polar surface area (TPSA) is 111 Å². The van der Waals surface area contributed by atoms with Gasteiger partial charge < -0.3 is 14.8 Å². The third kappa shape index (κ3) is 7.05. The van der Waals surface area contributed by atoms with Gasteiger partial charge in [0.25, 0.3) is 11.8 Å². The van der Waals surface area contributed by atoms with Crippen LogP contribution in [-0.4, -0.2) is 57.3 Å². The first-order chi connectivity index (χ1) is 22.8. The van der Waals surface area contributed by atoms with Crippen molar-refractivity contribution in [2.75, 3.05) is 20.0 Å². The molecule has 6 rings (SSSR count). The number of amides is 2. The van der Waals surface area contributed by atoms with Gasteiger partial charge in [-0.2, -0.15) is 5.10 Å². The molecule has 10 nitrogen and oxygen atoms in total. The fourth-order valence-electron chi connectivity index (χ4n) is 5.17. The molecule has 3 heterocycles. The van der Waals surface area contributed by atoms with Crippen LogP contribution in [0, 0.1) is 12.7 Å². The van der Waals surface area contributed by atoms with Crippen LogP contribution in [0.25, 0.3) is 5.69 Å². The van der Waals surface area contributed by atoms with Crippen molar-refractivity contribution in [2.45, 2.75) is 31.1 Å². The van der Waals surface area contributed by atoms with E-state index in [2.05, 4.69) is 15.5 Å². The Morgan fingerprint density at radius 3 is 2.47 bits per heavy atom. The van der Waals surface area contributed by atoms with Crippen LogP contribution >= 0.6 is 23.1 Å². The summed E-state index contributed by atoms with van der Waals surface area (Å²) >= 11 is 2.79. The van der Waals surface area contributed by atoms with Crippen molar-refractivity contribution >= 4 is 40.6 Å². The molecular formula is C34H31FN6O4S2. The summed E-state index contributed by atoms with van der Waals surface area (Å²) in [5.74, 6) is 0.406. The number of nitrogens with one attached hydrogen (secondary N) is 1. The van der Waals surface area contributed by atoms with E-state index >= 15 is 0 Å². The molecular weight excluding hydrogens is 640 g/mol. The van der Waals surface area contributed by atoms with Gasteiger partial charge in [-0.3, -0.25) is 14.2 Å². The summed E-state index contributed by atoms with van der Waals surface area (Å²) in [6, 6.07) is 22.6. The van der Waals surface area contributed by atoms with E-state index in [1.165, 1.54) is 38.1 Å². The van der Waals surface area contributed by atoms with Gasteiger partial charge in [-0.15, -0.1) is 21.5 Å². The molecule has 1 unspecified atom stereocenters. The van der Waals surface area contributed by atoms with E-state index in [0.717, 1.165) is 21.7 Å². The number of thiophene rings is 1. The van der Waals surface area contributed by atoms with Gasteiger partial charge in [-0.25, -0.2) is 9.40 Å². The summed E-state index contributed by atoms with van der Waals surface area (Å²) < 4.78 is 26.1. The molecule has 0 saturated heterocycles. The first-order valence-corrected chi connectivity index (χ1v) is 16.5. The maximum Gasteiger partial charge on any atom is 0.253 e. The second kappa shape index (κ2) is 14.2. The molecule has 2 aromatic heterocycles. The third-order valence-electron chi connectivity index (χ3n) is 7.60. The third-order valence-corrected chi connectivity index (χ3v) is 9.43. The highest BCUT2D eigenvalue weighted by Gasteiger charge is 2.33. The summed E-state index contributed by atoms with van der Waals surface area (Å²) in [5, 5.41) is 20.3. The molecule has 5 aromatic rings. The van der Waals surface area contributed by atoms with Crippen LogP contribution in [0.4, 0.5) is 4.39 Å². The van der Waals surface area contributed by atoms with Crippen LogP contribution < -0.4 is 14.8 Å². The number of carbonyl (C=O) groups excluding carboxylic acids is 2. The van der Waals surface area contributed by atoms with Gasteiger partial charge in [0, 0.05) is 17.7 Å². The second-order valence-corrected chi connectivity index (χ2v) is 12.5. The molecule has 13 heteroatoms. The molecule has 0 aliphatic carbocycles. The summed E-state index contributed by atoms with van der Waals surface area (Å²) in [4.78, 5) is 27.8. The Morgan fingerprint density at radius 2 is 1.77 bits per heavy atom. The van der Waals surface area contributed by atoms with Gasteiger partial charge in [0.2, 0.25) is 0 Å². The number of aryl methyl sites for hydroxylation is 1. The number of rotatable bonds is 11. The lowest BCUT2D eigenvalue weighted by atomic mass is 10.00. The Balaban J connectivity index is 1.22. The minimum atomic E-state index is -0.398. The highest BCUT2D eigenvalue weighted by molar-refractivity contribution is 7.99. The maximum atomic E-state index is 13.9. The number of hydrazone groups is 1. The fraction of sp³-hybridized carbons (Fsp3) is 0.206. The van der Waals surface area contributed by atoms with Crippen LogP contribution in [-0.2, 0) is 11.3 Å². The number of benzene rings is 3. The van der Waals surface area contributed by atoms with Gasteiger partial charge in [0.1, 0.15) is 5.82 Å². The molecule has 1 aliphatic heterocycles. The van der Waals surface area contributed by atoms with E-state index in [0.29, 0.717) is 40.2 Å². The van der Waals surface area contributed by atoms with E-state index in [1.54, 1.807) is 51.2 Å². The van der Waals surface area contributed by atoms with E-state index in [-0.39, 0.29) is 30.2 Å². The number of thioether (sulfide) groups is 1. The maximum absolute atomic E-state index is 13.9. The predicted molar refractivity (Wildman–Crippen MR) is 179 cm³/mol. The zero-order chi connectivity index (χ0) is 32.9. The van der Waals surface area contributed by atoms with Crippen LogP contribution in [0.15, 0.2) is 94.5 Å². The van der Waals surface area contributed by atoms with E-state index < -0.39 is 5.82 Å². The lowest BCUT2D eigenvalue weighted by molar-refractivity contribution is -0.130. The Morgan fingerprint density at radius 1 is 1.00 bits per heavy atom. The van der Waals surface area contributed by atoms with Gasteiger partial charge >= 0.3 is 0 Å². The first kappa shape index (κ1) is 32.0. The molecule has 0 saturated carbocycles. The Labute approximate surface area is 279 Å². The average molecular weight is 671 g/mol. The van der Waals surface area contributed by atoms with Crippen LogP contribution in [0.1, 0.15) is 44.6 Å². The monoisotopic (exact) mass is 670 g/mol. The fourth-order valence-corrected chi connectivity index (χ4v) is 6.71. The van der Waals surface area contributed by atoms with Gasteiger partial charge in [0.05, 0.1) is 43.1 Å². The average Bonchev–Trinajstić information content (AvgIpc) is 3.87. The largest absolute Gasteiger partial charge is 0.493 e. The van der Waals surface area contributed by atoms with Gasteiger partial charge in [-0.1, -0.05) is 47.7 Å². The van der Waals surface area contributed by atoms with Crippen LogP contribution in [0.3, 0.4) is 0 Å². The molecule has 240 valence electrons. The van der Waals surface area contributed by atoms with Gasteiger partial charge in [-0.05, 0) is 66.4 Å². The van der Waals surface area contributed by atoms with E-state index in [9.17, 15) is 14.0 Å². The molecule has 3 aromatic carbocycles. The number of nitrogens with zero attached hydrogens (tertiary/aromatic N) is 5. The first-order valence-electron chi connectivity index (χ1n) is 14.7. The highest BCUT2D eigenvalue weighted by Crippen LogP contribution is 2.35. The molecule has 0 bridgehead atoms. The zero-order valence-electron chi connectivity index (χ0n) is 25.8. The normalized spacial score (nSPS) is 14.2. The smallest absolute Gasteiger partial charge is 0.253 e.